The predicted octanol–water partition coefficient (Wildman–Crippen LogP) is 4.13. The fourth-order valence-electron chi connectivity index (χ4n) is 3.20. The lowest BCUT2D eigenvalue weighted by Gasteiger charge is -2.34. The SMILES string of the molecule is CNC(=O)C(C)(C)N(C)Cc1cc2c(Nc3cccc(Cl)c3F)ncnc2cc1OC. The van der Waals surface area contributed by atoms with Gasteiger partial charge in [0.1, 0.15) is 17.9 Å². The van der Waals surface area contributed by atoms with E-state index in [0.29, 0.717) is 29.0 Å². The van der Waals surface area contributed by atoms with Crippen LogP contribution in [0, 0.1) is 5.82 Å². The topological polar surface area (TPSA) is 79.4 Å². The molecule has 0 unspecified atom stereocenters. The summed E-state index contributed by atoms with van der Waals surface area (Å²) in [5, 5.41) is 6.39. The van der Waals surface area contributed by atoms with Crippen molar-refractivity contribution in [2.24, 2.45) is 0 Å². The highest BCUT2D eigenvalue weighted by Crippen LogP contribution is 2.32. The minimum absolute atomic E-state index is 0.0174. The Bertz CT molecular complexity index is 1120. The third kappa shape index (κ3) is 4.55. The first-order chi connectivity index (χ1) is 14.7. The highest BCUT2D eigenvalue weighted by atomic mass is 35.5. The molecule has 1 heterocycles. The minimum Gasteiger partial charge on any atom is -0.496 e. The van der Waals surface area contributed by atoms with Gasteiger partial charge in [0.2, 0.25) is 5.91 Å². The standard InChI is InChI=1S/C22H25ClFN5O2/c1-22(2,21(30)25-3)29(4)11-13-9-14-17(10-18(13)31-5)26-12-27-20(14)28-16-8-6-7-15(23)19(16)24/h6-10,12H,11H2,1-5H3,(H,25,30)(H,26,27,28). The highest BCUT2D eigenvalue weighted by Gasteiger charge is 2.32. The zero-order valence-corrected chi connectivity index (χ0v) is 18.8. The summed E-state index contributed by atoms with van der Waals surface area (Å²) in [7, 11) is 5.05. The molecule has 0 aliphatic carbocycles. The van der Waals surface area contributed by atoms with E-state index in [2.05, 4.69) is 20.6 Å². The second-order valence-corrected chi connectivity index (χ2v) is 8.03. The van der Waals surface area contributed by atoms with Crippen molar-refractivity contribution < 1.29 is 13.9 Å². The van der Waals surface area contributed by atoms with E-state index in [1.807, 2.05) is 31.9 Å². The number of likely N-dealkylation sites (N-methyl/N-ethyl adjacent to an activating group) is 2. The number of halogens is 2. The molecule has 0 aliphatic rings. The molecule has 31 heavy (non-hydrogen) atoms. The minimum atomic E-state index is -0.743. The fraction of sp³-hybridized carbons (Fsp3) is 0.318. The summed E-state index contributed by atoms with van der Waals surface area (Å²) in [6.45, 7) is 4.12. The maximum absolute atomic E-state index is 14.4. The molecule has 2 N–H and O–H groups in total. The third-order valence-corrected chi connectivity index (χ3v) is 5.68. The van der Waals surface area contributed by atoms with Crippen LogP contribution in [-0.4, -0.2) is 47.5 Å². The molecule has 0 bridgehead atoms. The second-order valence-electron chi connectivity index (χ2n) is 7.62. The first kappa shape index (κ1) is 22.7. The van der Waals surface area contributed by atoms with Crippen molar-refractivity contribution in [2.45, 2.75) is 25.9 Å². The van der Waals surface area contributed by atoms with Crippen LogP contribution in [0.25, 0.3) is 10.9 Å². The number of carbonyl (C=O) groups is 1. The second kappa shape index (κ2) is 9.03. The van der Waals surface area contributed by atoms with Gasteiger partial charge in [-0.15, -0.1) is 0 Å². The van der Waals surface area contributed by atoms with E-state index in [1.165, 1.54) is 12.4 Å². The number of benzene rings is 2. The molecule has 0 fully saturated rings. The number of nitrogens with zero attached hydrogens (tertiary/aromatic N) is 3. The quantitative estimate of drug-likeness (QED) is 0.569. The van der Waals surface area contributed by atoms with Gasteiger partial charge in [-0.2, -0.15) is 0 Å². The number of aromatic nitrogens is 2. The van der Waals surface area contributed by atoms with E-state index in [4.69, 9.17) is 16.3 Å². The number of nitrogens with one attached hydrogen (secondary N) is 2. The van der Waals surface area contributed by atoms with Crippen molar-refractivity contribution in [3.05, 3.63) is 53.1 Å². The van der Waals surface area contributed by atoms with E-state index < -0.39 is 11.4 Å². The molecule has 7 nitrogen and oxygen atoms in total. The van der Waals surface area contributed by atoms with Crippen LogP contribution in [0.2, 0.25) is 5.02 Å². The van der Waals surface area contributed by atoms with Gasteiger partial charge in [0, 0.05) is 30.6 Å². The Kier molecular flexibility index (Phi) is 6.62. The first-order valence-electron chi connectivity index (χ1n) is 9.65. The number of rotatable bonds is 7. The molecule has 164 valence electrons. The Hall–Kier alpha value is -2.97. The summed E-state index contributed by atoms with van der Waals surface area (Å²) in [6, 6.07) is 8.40. The zero-order chi connectivity index (χ0) is 22.8. The summed E-state index contributed by atoms with van der Waals surface area (Å²) in [6.07, 6.45) is 1.40. The average molecular weight is 446 g/mol. The van der Waals surface area contributed by atoms with Crippen molar-refractivity contribution in [3.63, 3.8) is 0 Å². The van der Waals surface area contributed by atoms with E-state index in [9.17, 15) is 9.18 Å². The number of carbonyl (C=O) groups excluding carboxylic acids is 1. The van der Waals surface area contributed by atoms with Gasteiger partial charge in [-0.25, -0.2) is 14.4 Å². The molecule has 0 atom stereocenters. The normalized spacial score (nSPS) is 11.6. The van der Waals surface area contributed by atoms with Crippen LogP contribution < -0.4 is 15.4 Å². The van der Waals surface area contributed by atoms with Crippen LogP contribution in [-0.2, 0) is 11.3 Å². The lowest BCUT2D eigenvalue weighted by atomic mass is 10.0. The molecule has 3 aromatic rings. The number of amides is 1. The first-order valence-corrected chi connectivity index (χ1v) is 10.0. The summed E-state index contributed by atoms with van der Waals surface area (Å²) >= 11 is 5.90. The molecular weight excluding hydrogens is 421 g/mol. The Labute approximate surface area is 185 Å². The summed E-state index contributed by atoms with van der Waals surface area (Å²) < 4.78 is 20.0. The number of hydrogen-bond acceptors (Lipinski definition) is 6. The smallest absolute Gasteiger partial charge is 0.239 e. The monoisotopic (exact) mass is 445 g/mol. The molecule has 0 aliphatic heterocycles. The third-order valence-electron chi connectivity index (χ3n) is 5.39. The number of fused-ring (bicyclic) bond motifs is 1. The van der Waals surface area contributed by atoms with Gasteiger partial charge in [-0.1, -0.05) is 17.7 Å². The molecule has 0 saturated carbocycles. The summed E-state index contributed by atoms with van der Waals surface area (Å²) in [5.41, 5.74) is 0.933. The van der Waals surface area contributed by atoms with Crippen LogP contribution in [0.15, 0.2) is 36.7 Å². The molecular formula is C22H25ClFN5O2. The van der Waals surface area contributed by atoms with Gasteiger partial charge in [0.25, 0.3) is 0 Å². The number of hydrogen-bond donors (Lipinski definition) is 2. The maximum Gasteiger partial charge on any atom is 0.239 e. The van der Waals surface area contributed by atoms with Crippen LogP contribution >= 0.6 is 11.6 Å². The molecule has 1 aromatic heterocycles. The van der Waals surface area contributed by atoms with Crippen molar-refractivity contribution >= 4 is 39.9 Å². The van der Waals surface area contributed by atoms with Crippen LogP contribution in [0.3, 0.4) is 0 Å². The Morgan fingerprint density at radius 2 is 2.03 bits per heavy atom. The average Bonchev–Trinajstić information content (AvgIpc) is 2.76. The van der Waals surface area contributed by atoms with E-state index in [0.717, 1.165) is 5.56 Å². The maximum atomic E-state index is 14.4. The fourth-order valence-corrected chi connectivity index (χ4v) is 3.38. The van der Waals surface area contributed by atoms with E-state index in [-0.39, 0.29) is 16.6 Å². The van der Waals surface area contributed by atoms with Gasteiger partial charge in [0.15, 0.2) is 5.82 Å². The Morgan fingerprint density at radius 3 is 2.71 bits per heavy atom. The van der Waals surface area contributed by atoms with Gasteiger partial charge < -0.3 is 15.4 Å². The predicted molar refractivity (Wildman–Crippen MR) is 120 cm³/mol. The van der Waals surface area contributed by atoms with Crippen LogP contribution in [0.4, 0.5) is 15.9 Å². The zero-order valence-electron chi connectivity index (χ0n) is 18.1. The Morgan fingerprint density at radius 1 is 1.29 bits per heavy atom. The summed E-state index contributed by atoms with van der Waals surface area (Å²) in [4.78, 5) is 22.8. The van der Waals surface area contributed by atoms with E-state index >= 15 is 0 Å². The number of ether oxygens (including phenoxy) is 1. The lowest BCUT2D eigenvalue weighted by Crippen LogP contribution is -2.52. The van der Waals surface area contributed by atoms with Crippen molar-refractivity contribution in [1.29, 1.82) is 0 Å². The molecule has 2 aromatic carbocycles. The highest BCUT2D eigenvalue weighted by molar-refractivity contribution is 6.31. The van der Waals surface area contributed by atoms with Crippen molar-refractivity contribution in [1.82, 2.24) is 20.2 Å². The lowest BCUT2D eigenvalue weighted by molar-refractivity contribution is -0.130. The van der Waals surface area contributed by atoms with Crippen LogP contribution in [0.5, 0.6) is 5.75 Å². The molecule has 0 spiro atoms. The van der Waals surface area contributed by atoms with Crippen molar-refractivity contribution in [2.75, 3.05) is 26.5 Å². The largest absolute Gasteiger partial charge is 0.496 e. The molecule has 9 heteroatoms. The van der Waals surface area contributed by atoms with E-state index in [1.54, 1.807) is 32.4 Å². The van der Waals surface area contributed by atoms with Gasteiger partial charge in [0.05, 0.1) is 28.9 Å². The van der Waals surface area contributed by atoms with Gasteiger partial charge >= 0.3 is 0 Å². The van der Waals surface area contributed by atoms with Crippen molar-refractivity contribution in [3.8, 4) is 5.75 Å². The number of methoxy groups -OCH3 is 1. The Balaban J connectivity index is 2.04. The molecule has 0 saturated heterocycles. The van der Waals surface area contributed by atoms with Crippen LogP contribution in [0.1, 0.15) is 19.4 Å². The number of anilines is 2. The molecule has 3 rings (SSSR count). The summed E-state index contributed by atoms with van der Waals surface area (Å²) in [5.74, 6) is 0.405. The van der Waals surface area contributed by atoms with Gasteiger partial charge in [-0.05, 0) is 39.1 Å². The molecule has 1 amide bonds. The van der Waals surface area contributed by atoms with Gasteiger partial charge in [-0.3, -0.25) is 9.69 Å². The molecule has 0 radical (unpaired) electrons.